The predicted molar refractivity (Wildman–Crippen MR) is 98.4 cm³/mol. The third kappa shape index (κ3) is 4.86. The molecule has 25 heavy (non-hydrogen) atoms. The highest BCUT2D eigenvalue weighted by Crippen LogP contribution is 2.22. The molecule has 2 amide bonds. The Balaban J connectivity index is 1.47. The Morgan fingerprint density at radius 2 is 2.12 bits per heavy atom. The second kappa shape index (κ2) is 8.54. The largest absolute Gasteiger partial charge is 0.494 e. The fourth-order valence-electron chi connectivity index (χ4n) is 3.44. The molecule has 2 heterocycles. The zero-order valence-electron chi connectivity index (χ0n) is 15.3. The monoisotopic (exact) mass is 347 g/mol. The minimum absolute atomic E-state index is 0.0240. The van der Waals surface area contributed by atoms with Crippen LogP contribution in [-0.2, 0) is 4.74 Å². The summed E-state index contributed by atoms with van der Waals surface area (Å²) in [6.45, 7) is 9.82. The fourth-order valence-corrected chi connectivity index (χ4v) is 3.44. The molecule has 0 spiro atoms. The number of hydrogen-bond acceptors (Lipinski definition) is 4. The quantitative estimate of drug-likeness (QED) is 0.890. The van der Waals surface area contributed by atoms with Crippen LogP contribution in [0.15, 0.2) is 18.2 Å². The average molecular weight is 347 g/mol. The van der Waals surface area contributed by atoms with Crippen LogP contribution in [0.5, 0.6) is 5.75 Å². The van der Waals surface area contributed by atoms with Gasteiger partial charge in [-0.05, 0) is 50.5 Å². The lowest BCUT2D eigenvalue weighted by Gasteiger charge is -2.35. The molecular formula is C19H29N3O3. The lowest BCUT2D eigenvalue weighted by Crippen LogP contribution is -2.51. The molecule has 2 fully saturated rings. The van der Waals surface area contributed by atoms with Crippen LogP contribution in [0.3, 0.4) is 0 Å². The molecule has 2 aliphatic heterocycles. The van der Waals surface area contributed by atoms with Crippen molar-refractivity contribution in [1.82, 2.24) is 9.80 Å². The number of aryl methyl sites for hydroxylation is 1. The number of amides is 2. The first-order chi connectivity index (χ1) is 12.2. The van der Waals surface area contributed by atoms with Crippen LogP contribution >= 0.6 is 0 Å². The minimum atomic E-state index is -0.0240. The van der Waals surface area contributed by atoms with Gasteiger partial charge in [0.2, 0.25) is 0 Å². The number of hydrogen-bond donors (Lipinski definition) is 1. The molecule has 0 aliphatic carbocycles. The first kappa shape index (κ1) is 18.0. The van der Waals surface area contributed by atoms with Gasteiger partial charge in [0.15, 0.2) is 0 Å². The molecule has 1 N–H and O–H groups in total. The number of nitrogens with one attached hydrogen (secondary N) is 1. The topological polar surface area (TPSA) is 54.0 Å². The maximum atomic E-state index is 12.5. The molecule has 2 aliphatic rings. The van der Waals surface area contributed by atoms with E-state index in [1.165, 1.54) is 6.42 Å². The van der Waals surface area contributed by atoms with Gasteiger partial charge in [-0.3, -0.25) is 4.90 Å². The van der Waals surface area contributed by atoms with Crippen molar-refractivity contribution in [3.63, 3.8) is 0 Å². The maximum Gasteiger partial charge on any atom is 0.321 e. The Labute approximate surface area is 150 Å². The van der Waals surface area contributed by atoms with E-state index in [-0.39, 0.29) is 6.03 Å². The van der Waals surface area contributed by atoms with E-state index in [0.29, 0.717) is 12.7 Å². The van der Waals surface area contributed by atoms with Crippen LogP contribution < -0.4 is 10.1 Å². The van der Waals surface area contributed by atoms with Crippen molar-refractivity contribution in [3.05, 3.63) is 23.8 Å². The zero-order chi connectivity index (χ0) is 17.6. The molecule has 0 aromatic heterocycles. The number of carbonyl (C=O) groups is 1. The molecule has 0 bridgehead atoms. The molecule has 1 aromatic rings. The van der Waals surface area contributed by atoms with E-state index in [1.807, 2.05) is 36.9 Å². The normalized spacial score (nSPS) is 21.4. The predicted octanol–water partition coefficient (Wildman–Crippen LogP) is 2.72. The molecule has 3 rings (SSSR count). The molecule has 138 valence electrons. The molecule has 6 nitrogen and oxygen atoms in total. The Morgan fingerprint density at radius 1 is 1.32 bits per heavy atom. The molecule has 1 aromatic carbocycles. The Hall–Kier alpha value is -1.79. The Bertz CT molecular complexity index is 579. The third-order valence-corrected chi connectivity index (χ3v) is 4.90. The molecule has 1 unspecified atom stereocenters. The number of carbonyl (C=O) groups excluding carboxylic acids is 1. The Kier molecular flexibility index (Phi) is 6.15. The van der Waals surface area contributed by atoms with Crippen LogP contribution in [-0.4, -0.2) is 67.9 Å². The summed E-state index contributed by atoms with van der Waals surface area (Å²) in [6.07, 6.45) is 2.72. The smallest absolute Gasteiger partial charge is 0.321 e. The first-order valence-electron chi connectivity index (χ1n) is 9.29. The molecule has 0 saturated carbocycles. The van der Waals surface area contributed by atoms with Crippen molar-refractivity contribution in [2.45, 2.75) is 32.8 Å². The molecule has 2 saturated heterocycles. The number of benzene rings is 1. The highest BCUT2D eigenvalue weighted by molar-refractivity contribution is 5.90. The SMILES string of the molecule is CCOc1ccc(NC(=O)N2CCN(CC3CCCO3)CC2)c(C)c1. The summed E-state index contributed by atoms with van der Waals surface area (Å²) < 4.78 is 11.2. The number of urea groups is 1. The van der Waals surface area contributed by atoms with Gasteiger partial charge in [0.1, 0.15) is 5.75 Å². The summed E-state index contributed by atoms with van der Waals surface area (Å²) >= 11 is 0. The summed E-state index contributed by atoms with van der Waals surface area (Å²) in [5.74, 6) is 0.834. The zero-order valence-corrected chi connectivity index (χ0v) is 15.3. The van der Waals surface area contributed by atoms with Crippen molar-refractivity contribution in [2.75, 3.05) is 51.3 Å². The van der Waals surface area contributed by atoms with E-state index in [2.05, 4.69) is 10.2 Å². The standard InChI is InChI=1S/C19H29N3O3/c1-3-24-16-6-7-18(15(2)13-16)20-19(23)22-10-8-21(9-11-22)14-17-5-4-12-25-17/h6-7,13,17H,3-5,8-12,14H2,1-2H3,(H,20,23). The number of ether oxygens (including phenoxy) is 2. The summed E-state index contributed by atoms with van der Waals surface area (Å²) in [5, 5.41) is 3.03. The van der Waals surface area contributed by atoms with E-state index >= 15 is 0 Å². The van der Waals surface area contributed by atoms with Crippen molar-refractivity contribution in [2.24, 2.45) is 0 Å². The second-order valence-corrected chi connectivity index (χ2v) is 6.76. The summed E-state index contributed by atoms with van der Waals surface area (Å²) in [6, 6.07) is 5.74. The van der Waals surface area contributed by atoms with Crippen molar-refractivity contribution < 1.29 is 14.3 Å². The summed E-state index contributed by atoms with van der Waals surface area (Å²) in [7, 11) is 0. The van der Waals surface area contributed by atoms with E-state index in [4.69, 9.17) is 9.47 Å². The van der Waals surface area contributed by atoms with Crippen molar-refractivity contribution in [1.29, 1.82) is 0 Å². The van der Waals surface area contributed by atoms with Gasteiger partial charge < -0.3 is 19.7 Å². The van der Waals surface area contributed by atoms with Crippen LogP contribution in [0.4, 0.5) is 10.5 Å². The number of rotatable bonds is 5. The maximum absolute atomic E-state index is 12.5. The van der Waals surface area contributed by atoms with Crippen molar-refractivity contribution >= 4 is 11.7 Å². The average Bonchev–Trinajstić information content (AvgIpc) is 3.11. The van der Waals surface area contributed by atoms with Gasteiger partial charge in [0, 0.05) is 45.0 Å². The van der Waals surface area contributed by atoms with Gasteiger partial charge in [-0.25, -0.2) is 4.79 Å². The lowest BCUT2D eigenvalue weighted by atomic mass is 10.2. The van der Waals surface area contributed by atoms with Gasteiger partial charge in [0.25, 0.3) is 0 Å². The van der Waals surface area contributed by atoms with E-state index < -0.39 is 0 Å². The highest BCUT2D eigenvalue weighted by Gasteiger charge is 2.25. The third-order valence-electron chi connectivity index (χ3n) is 4.90. The lowest BCUT2D eigenvalue weighted by molar-refractivity contribution is 0.0572. The van der Waals surface area contributed by atoms with Crippen LogP contribution in [0, 0.1) is 6.92 Å². The van der Waals surface area contributed by atoms with Crippen LogP contribution in [0.1, 0.15) is 25.3 Å². The molecule has 0 radical (unpaired) electrons. The van der Waals surface area contributed by atoms with E-state index in [0.717, 1.165) is 62.8 Å². The van der Waals surface area contributed by atoms with Gasteiger partial charge in [-0.2, -0.15) is 0 Å². The summed E-state index contributed by atoms with van der Waals surface area (Å²) in [4.78, 5) is 16.8. The molecular weight excluding hydrogens is 318 g/mol. The first-order valence-corrected chi connectivity index (χ1v) is 9.29. The Morgan fingerprint density at radius 3 is 2.76 bits per heavy atom. The number of piperazine rings is 1. The summed E-state index contributed by atoms with van der Waals surface area (Å²) in [5.41, 5.74) is 1.85. The fraction of sp³-hybridized carbons (Fsp3) is 0.632. The van der Waals surface area contributed by atoms with E-state index in [1.54, 1.807) is 0 Å². The number of anilines is 1. The number of nitrogens with zero attached hydrogens (tertiary/aromatic N) is 2. The minimum Gasteiger partial charge on any atom is -0.494 e. The van der Waals surface area contributed by atoms with Crippen LogP contribution in [0.2, 0.25) is 0 Å². The molecule has 6 heteroatoms. The van der Waals surface area contributed by atoms with Gasteiger partial charge in [-0.15, -0.1) is 0 Å². The van der Waals surface area contributed by atoms with Crippen LogP contribution in [0.25, 0.3) is 0 Å². The molecule has 1 atom stereocenters. The van der Waals surface area contributed by atoms with Gasteiger partial charge in [0.05, 0.1) is 12.7 Å². The highest BCUT2D eigenvalue weighted by atomic mass is 16.5. The second-order valence-electron chi connectivity index (χ2n) is 6.76. The van der Waals surface area contributed by atoms with E-state index in [9.17, 15) is 4.79 Å². The van der Waals surface area contributed by atoms with Gasteiger partial charge >= 0.3 is 6.03 Å². The van der Waals surface area contributed by atoms with Gasteiger partial charge in [-0.1, -0.05) is 0 Å². The van der Waals surface area contributed by atoms with Crippen molar-refractivity contribution in [3.8, 4) is 5.75 Å².